The SMILES string of the molecule is CCc1cc(Cl)cc(C(CN)C(=O)O)c1O. The lowest BCUT2D eigenvalue weighted by molar-refractivity contribution is -0.138. The number of rotatable bonds is 4. The van der Waals surface area contributed by atoms with Crippen LogP contribution >= 0.6 is 11.6 Å². The molecule has 0 spiro atoms. The molecule has 1 unspecified atom stereocenters. The first-order chi connectivity index (χ1) is 7.51. The number of aliphatic carboxylic acids is 1. The monoisotopic (exact) mass is 243 g/mol. The normalized spacial score (nSPS) is 12.4. The molecular weight excluding hydrogens is 230 g/mol. The Bertz CT molecular complexity index is 406. The van der Waals surface area contributed by atoms with E-state index in [1.807, 2.05) is 6.92 Å². The predicted molar refractivity (Wildman–Crippen MR) is 61.9 cm³/mol. The van der Waals surface area contributed by atoms with Crippen molar-refractivity contribution >= 4 is 17.6 Å². The maximum atomic E-state index is 11.0. The summed E-state index contributed by atoms with van der Waals surface area (Å²) in [5.74, 6) is -2.02. The lowest BCUT2D eigenvalue weighted by atomic mass is 9.95. The molecule has 0 aliphatic rings. The quantitative estimate of drug-likeness (QED) is 0.752. The fraction of sp³-hybridized carbons (Fsp3) is 0.364. The Kier molecular flexibility index (Phi) is 4.15. The number of aromatic hydroxyl groups is 1. The fourth-order valence-corrected chi connectivity index (χ4v) is 1.82. The molecule has 1 aromatic carbocycles. The summed E-state index contributed by atoms with van der Waals surface area (Å²) in [6, 6.07) is 3.07. The van der Waals surface area contributed by atoms with E-state index in [9.17, 15) is 9.90 Å². The minimum absolute atomic E-state index is 0.0234. The fourth-order valence-electron chi connectivity index (χ4n) is 1.57. The summed E-state index contributed by atoms with van der Waals surface area (Å²) in [5.41, 5.74) is 6.29. The molecule has 1 aromatic rings. The maximum Gasteiger partial charge on any atom is 0.312 e. The molecule has 0 saturated carbocycles. The molecule has 0 amide bonds. The summed E-state index contributed by atoms with van der Waals surface area (Å²) in [4.78, 5) is 11.0. The highest BCUT2D eigenvalue weighted by Gasteiger charge is 2.23. The van der Waals surface area contributed by atoms with Crippen molar-refractivity contribution in [1.29, 1.82) is 0 Å². The summed E-state index contributed by atoms with van der Waals surface area (Å²) in [5, 5.41) is 19.3. The van der Waals surface area contributed by atoms with Crippen LogP contribution in [0, 0.1) is 0 Å². The van der Waals surface area contributed by atoms with Crippen LogP contribution in [-0.4, -0.2) is 22.7 Å². The largest absolute Gasteiger partial charge is 0.507 e. The van der Waals surface area contributed by atoms with E-state index in [2.05, 4.69) is 0 Å². The van der Waals surface area contributed by atoms with Gasteiger partial charge in [0.2, 0.25) is 0 Å². The van der Waals surface area contributed by atoms with Gasteiger partial charge in [0.05, 0.1) is 5.92 Å². The summed E-state index contributed by atoms with van der Waals surface area (Å²) in [6.07, 6.45) is 0.580. The van der Waals surface area contributed by atoms with E-state index in [0.29, 0.717) is 17.0 Å². The number of carboxylic acids is 1. The molecule has 0 aliphatic carbocycles. The van der Waals surface area contributed by atoms with E-state index >= 15 is 0 Å². The van der Waals surface area contributed by atoms with Gasteiger partial charge in [0.25, 0.3) is 0 Å². The number of phenolic OH excluding ortho intramolecular Hbond substituents is 1. The summed E-state index contributed by atoms with van der Waals surface area (Å²) < 4.78 is 0. The number of halogens is 1. The van der Waals surface area contributed by atoms with Gasteiger partial charge in [-0.05, 0) is 24.1 Å². The number of carboxylic acid groups (broad SMARTS) is 1. The molecule has 0 heterocycles. The average molecular weight is 244 g/mol. The van der Waals surface area contributed by atoms with Crippen LogP contribution in [0.5, 0.6) is 5.75 Å². The van der Waals surface area contributed by atoms with Gasteiger partial charge in [0, 0.05) is 17.1 Å². The molecule has 4 N–H and O–H groups in total. The van der Waals surface area contributed by atoms with Gasteiger partial charge in [0.15, 0.2) is 0 Å². The van der Waals surface area contributed by atoms with Crippen LogP contribution < -0.4 is 5.73 Å². The van der Waals surface area contributed by atoms with E-state index in [1.54, 1.807) is 6.07 Å². The van der Waals surface area contributed by atoms with Crippen LogP contribution in [0.1, 0.15) is 24.0 Å². The highest BCUT2D eigenvalue weighted by molar-refractivity contribution is 6.30. The average Bonchev–Trinajstić information content (AvgIpc) is 2.23. The van der Waals surface area contributed by atoms with Crippen LogP contribution in [0.2, 0.25) is 5.02 Å². The Morgan fingerprint density at radius 1 is 1.56 bits per heavy atom. The molecule has 1 atom stereocenters. The number of carbonyl (C=O) groups is 1. The Morgan fingerprint density at radius 2 is 2.19 bits per heavy atom. The first-order valence-electron chi connectivity index (χ1n) is 4.95. The Hall–Kier alpha value is -1.26. The van der Waals surface area contributed by atoms with Crippen molar-refractivity contribution in [3.63, 3.8) is 0 Å². The van der Waals surface area contributed by atoms with Gasteiger partial charge in [-0.3, -0.25) is 4.79 Å². The molecular formula is C11H14ClNO3. The summed E-state index contributed by atoms with van der Waals surface area (Å²) in [7, 11) is 0. The summed E-state index contributed by atoms with van der Waals surface area (Å²) in [6.45, 7) is 1.78. The van der Waals surface area contributed by atoms with E-state index in [0.717, 1.165) is 0 Å². The third-order valence-corrected chi connectivity index (χ3v) is 2.69. The highest BCUT2D eigenvalue weighted by Crippen LogP contribution is 2.32. The molecule has 0 fully saturated rings. The summed E-state index contributed by atoms with van der Waals surface area (Å²) >= 11 is 5.86. The molecule has 0 bridgehead atoms. The van der Waals surface area contributed by atoms with Crippen LogP contribution in [0.15, 0.2) is 12.1 Å². The number of nitrogens with two attached hydrogens (primary N) is 1. The minimum atomic E-state index is -1.07. The first-order valence-corrected chi connectivity index (χ1v) is 5.33. The number of benzene rings is 1. The smallest absolute Gasteiger partial charge is 0.312 e. The zero-order valence-electron chi connectivity index (χ0n) is 8.90. The number of phenols is 1. The van der Waals surface area contributed by atoms with Crippen LogP contribution in [0.25, 0.3) is 0 Å². The first kappa shape index (κ1) is 12.8. The van der Waals surface area contributed by atoms with Crippen molar-refractivity contribution < 1.29 is 15.0 Å². The van der Waals surface area contributed by atoms with E-state index in [4.69, 9.17) is 22.4 Å². The van der Waals surface area contributed by atoms with E-state index in [-0.39, 0.29) is 17.9 Å². The van der Waals surface area contributed by atoms with Crippen molar-refractivity contribution in [2.24, 2.45) is 5.73 Å². The van der Waals surface area contributed by atoms with Crippen LogP contribution in [0.4, 0.5) is 0 Å². The van der Waals surface area contributed by atoms with Gasteiger partial charge in [-0.15, -0.1) is 0 Å². The topological polar surface area (TPSA) is 83.6 Å². The number of hydrogen-bond acceptors (Lipinski definition) is 3. The van der Waals surface area contributed by atoms with Gasteiger partial charge < -0.3 is 15.9 Å². The standard InChI is InChI=1S/C11H14ClNO3/c1-2-6-3-7(12)4-8(10(6)14)9(5-13)11(15)16/h3-4,9,14H,2,5,13H2,1H3,(H,15,16). The molecule has 1 rings (SSSR count). The molecule has 16 heavy (non-hydrogen) atoms. The number of hydrogen-bond donors (Lipinski definition) is 3. The van der Waals surface area contributed by atoms with Crippen molar-refractivity contribution in [3.05, 3.63) is 28.3 Å². The molecule has 0 radical (unpaired) electrons. The van der Waals surface area contributed by atoms with E-state index in [1.165, 1.54) is 6.07 Å². The van der Waals surface area contributed by atoms with Crippen LogP contribution in [0.3, 0.4) is 0 Å². The minimum Gasteiger partial charge on any atom is -0.507 e. The van der Waals surface area contributed by atoms with Gasteiger partial charge >= 0.3 is 5.97 Å². The zero-order valence-corrected chi connectivity index (χ0v) is 9.66. The molecule has 5 heteroatoms. The third-order valence-electron chi connectivity index (χ3n) is 2.47. The van der Waals surface area contributed by atoms with Crippen LogP contribution in [-0.2, 0) is 11.2 Å². The molecule has 88 valence electrons. The molecule has 0 saturated heterocycles. The van der Waals surface area contributed by atoms with Gasteiger partial charge in [0.1, 0.15) is 5.75 Å². The highest BCUT2D eigenvalue weighted by atomic mass is 35.5. The predicted octanol–water partition coefficient (Wildman–Crippen LogP) is 1.73. The third kappa shape index (κ3) is 2.46. The van der Waals surface area contributed by atoms with Gasteiger partial charge in [-0.2, -0.15) is 0 Å². The van der Waals surface area contributed by atoms with Gasteiger partial charge in [-0.25, -0.2) is 0 Å². The Balaban J connectivity index is 3.31. The molecule has 0 aliphatic heterocycles. The van der Waals surface area contributed by atoms with Crippen molar-refractivity contribution in [1.82, 2.24) is 0 Å². The zero-order chi connectivity index (χ0) is 12.3. The second-order valence-electron chi connectivity index (χ2n) is 3.48. The molecule has 0 aromatic heterocycles. The Morgan fingerprint density at radius 3 is 2.62 bits per heavy atom. The molecule has 4 nitrogen and oxygen atoms in total. The lowest BCUT2D eigenvalue weighted by Gasteiger charge is -2.14. The second-order valence-corrected chi connectivity index (χ2v) is 3.92. The second kappa shape index (κ2) is 5.18. The Labute approximate surface area is 98.6 Å². The van der Waals surface area contributed by atoms with Crippen molar-refractivity contribution in [3.8, 4) is 5.75 Å². The van der Waals surface area contributed by atoms with Crippen molar-refractivity contribution in [2.75, 3.05) is 6.54 Å². The van der Waals surface area contributed by atoms with Gasteiger partial charge in [-0.1, -0.05) is 18.5 Å². The maximum absolute atomic E-state index is 11.0. The van der Waals surface area contributed by atoms with E-state index < -0.39 is 11.9 Å². The lowest BCUT2D eigenvalue weighted by Crippen LogP contribution is -2.21. The van der Waals surface area contributed by atoms with Crippen molar-refractivity contribution in [2.45, 2.75) is 19.3 Å². The number of aryl methyl sites for hydroxylation is 1.